The highest BCUT2D eigenvalue weighted by Crippen LogP contribution is 2.28. The zero-order valence-electron chi connectivity index (χ0n) is 9.87. The number of imidazole rings is 1. The van der Waals surface area contributed by atoms with Gasteiger partial charge in [-0.3, -0.25) is 0 Å². The van der Waals surface area contributed by atoms with Gasteiger partial charge >= 0.3 is 5.97 Å². The lowest BCUT2D eigenvalue weighted by Gasteiger charge is -2.08. The molecule has 3 rings (SSSR count). The zero-order chi connectivity index (χ0) is 14.1. The molecule has 0 amide bonds. The van der Waals surface area contributed by atoms with E-state index in [4.69, 9.17) is 4.74 Å². The van der Waals surface area contributed by atoms with Crippen LogP contribution in [-0.4, -0.2) is 31.0 Å². The van der Waals surface area contributed by atoms with Crippen molar-refractivity contribution in [2.24, 2.45) is 0 Å². The summed E-state index contributed by atoms with van der Waals surface area (Å²) in [5.41, 5.74) is 1.04. The number of hydrogen-bond donors (Lipinski definition) is 2. The standard InChI is InChI=1S/C12H7IN4O3/c13-6-1-2-8(7(3-6)12(18)19)20-11-9-10(15-4-14-9)16-5-17-11/h1-5H,(H,18,19)(H,14,15,16,17). The number of fused-ring (bicyclic) bond motifs is 1. The van der Waals surface area contributed by atoms with Crippen molar-refractivity contribution in [3.8, 4) is 11.6 Å². The number of nitrogens with zero attached hydrogens (tertiary/aromatic N) is 3. The van der Waals surface area contributed by atoms with Gasteiger partial charge in [0.2, 0.25) is 5.88 Å². The quantitative estimate of drug-likeness (QED) is 0.675. The summed E-state index contributed by atoms with van der Waals surface area (Å²) in [6.45, 7) is 0. The highest BCUT2D eigenvalue weighted by Gasteiger charge is 2.15. The summed E-state index contributed by atoms with van der Waals surface area (Å²) < 4.78 is 6.40. The first-order valence-corrected chi connectivity index (χ1v) is 6.58. The summed E-state index contributed by atoms with van der Waals surface area (Å²) in [4.78, 5) is 26.1. The Kier molecular flexibility index (Phi) is 3.22. The normalized spacial score (nSPS) is 10.7. The molecule has 0 aliphatic rings. The Labute approximate surface area is 126 Å². The molecule has 0 fully saturated rings. The van der Waals surface area contributed by atoms with E-state index in [1.807, 2.05) is 22.6 Å². The second kappa shape index (κ2) is 5.04. The van der Waals surface area contributed by atoms with Crippen LogP contribution >= 0.6 is 22.6 Å². The average Bonchev–Trinajstić information content (AvgIpc) is 2.90. The minimum Gasteiger partial charge on any atom is -0.478 e. The van der Waals surface area contributed by atoms with Gasteiger partial charge in [-0.15, -0.1) is 0 Å². The first kappa shape index (κ1) is 12.8. The Bertz CT molecular complexity index is 802. The fourth-order valence-electron chi connectivity index (χ4n) is 1.68. The number of H-pyrrole nitrogens is 1. The molecule has 20 heavy (non-hydrogen) atoms. The molecular weight excluding hydrogens is 375 g/mol. The molecule has 2 heterocycles. The number of aromatic amines is 1. The van der Waals surface area contributed by atoms with Gasteiger partial charge in [0.05, 0.1) is 6.33 Å². The van der Waals surface area contributed by atoms with Gasteiger partial charge in [0, 0.05) is 3.57 Å². The second-order valence-electron chi connectivity index (χ2n) is 3.83. The summed E-state index contributed by atoms with van der Waals surface area (Å²) in [7, 11) is 0. The van der Waals surface area contributed by atoms with Gasteiger partial charge in [0.15, 0.2) is 5.65 Å². The number of carbonyl (C=O) groups is 1. The highest BCUT2D eigenvalue weighted by atomic mass is 127. The summed E-state index contributed by atoms with van der Waals surface area (Å²) in [5.74, 6) is -0.614. The molecule has 0 spiro atoms. The molecule has 2 N–H and O–H groups in total. The van der Waals surface area contributed by atoms with Crippen LogP contribution in [0, 0.1) is 3.57 Å². The maximum absolute atomic E-state index is 11.2. The van der Waals surface area contributed by atoms with Crippen molar-refractivity contribution < 1.29 is 14.6 Å². The van der Waals surface area contributed by atoms with Gasteiger partial charge < -0.3 is 14.8 Å². The predicted molar refractivity (Wildman–Crippen MR) is 77.9 cm³/mol. The van der Waals surface area contributed by atoms with Gasteiger partial charge in [0.1, 0.15) is 23.2 Å². The van der Waals surface area contributed by atoms with E-state index < -0.39 is 5.97 Å². The maximum Gasteiger partial charge on any atom is 0.339 e. The maximum atomic E-state index is 11.2. The molecule has 0 unspecified atom stereocenters. The van der Waals surface area contributed by atoms with Crippen molar-refractivity contribution in [2.75, 3.05) is 0 Å². The minimum atomic E-state index is -1.06. The summed E-state index contributed by atoms with van der Waals surface area (Å²) >= 11 is 2.04. The molecule has 7 nitrogen and oxygen atoms in total. The van der Waals surface area contributed by atoms with Gasteiger partial charge in [-0.2, -0.15) is 4.98 Å². The Balaban J connectivity index is 2.07. The first-order chi connectivity index (χ1) is 9.65. The Morgan fingerprint density at radius 3 is 2.95 bits per heavy atom. The van der Waals surface area contributed by atoms with E-state index >= 15 is 0 Å². The fraction of sp³-hybridized carbons (Fsp3) is 0. The van der Waals surface area contributed by atoms with Crippen LogP contribution in [0.4, 0.5) is 0 Å². The van der Waals surface area contributed by atoms with E-state index in [1.54, 1.807) is 12.1 Å². The minimum absolute atomic E-state index is 0.0724. The average molecular weight is 382 g/mol. The summed E-state index contributed by atoms with van der Waals surface area (Å²) in [6, 6.07) is 4.88. The third-order valence-corrected chi connectivity index (χ3v) is 3.24. The van der Waals surface area contributed by atoms with Crippen molar-refractivity contribution in [3.63, 3.8) is 0 Å². The lowest BCUT2D eigenvalue weighted by atomic mass is 10.2. The van der Waals surface area contributed by atoms with Crippen molar-refractivity contribution in [1.29, 1.82) is 0 Å². The molecule has 8 heteroatoms. The molecule has 0 radical (unpaired) electrons. The summed E-state index contributed by atoms with van der Waals surface area (Å²) in [6.07, 6.45) is 2.78. The third-order valence-electron chi connectivity index (χ3n) is 2.57. The smallest absolute Gasteiger partial charge is 0.339 e. The van der Waals surface area contributed by atoms with Crippen LogP contribution in [0.15, 0.2) is 30.9 Å². The molecule has 3 aromatic rings. The molecule has 0 aliphatic carbocycles. The van der Waals surface area contributed by atoms with Crippen molar-refractivity contribution in [2.45, 2.75) is 0 Å². The van der Waals surface area contributed by atoms with Crippen molar-refractivity contribution >= 4 is 39.7 Å². The molecule has 0 saturated heterocycles. The second-order valence-corrected chi connectivity index (χ2v) is 5.07. The van der Waals surface area contributed by atoms with Crippen LogP contribution in [0.25, 0.3) is 11.2 Å². The number of rotatable bonds is 3. The van der Waals surface area contributed by atoms with E-state index in [1.165, 1.54) is 18.7 Å². The van der Waals surface area contributed by atoms with Crippen LogP contribution in [0.1, 0.15) is 10.4 Å². The van der Waals surface area contributed by atoms with Crippen LogP contribution in [-0.2, 0) is 0 Å². The third kappa shape index (κ3) is 2.29. The molecular formula is C12H7IN4O3. The van der Waals surface area contributed by atoms with Gasteiger partial charge in [-0.1, -0.05) is 0 Å². The molecule has 100 valence electrons. The largest absolute Gasteiger partial charge is 0.478 e. The number of carboxylic acid groups (broad SMARTS) is 1. The predicted octanol–water partition coefficient (Wildman–Crippen LogP) is 2.45. The highest BCUT2D eigenvalue weighted by molar-refractivity contribution is 14.1. The van der Waals surface area contributed by atoms with Crippen LogP contribution in [0.3, 0.4) is 0 Å². The zero-order valence-corrected chi connectivity index (χ0v) is 12.0. The van der Waals surface area contributed by atoms with Crippen LogP contribution < -0.4 is 4.74 Å². The lowest BCUT2D eigenvalue weighted by Crippen LogP contribution is -2.01. The number of hydrogen-bond acceptors (Lipinski definition) is 5. The summed E-state index contributed by atoms with van der Waals surface area (Å²) in [5, 5.41) is 9.21. The molecule has 1 aromatic carbocycles. The van der Waals surface area contributed by atoms with E-state index in [-0.39, 0.29) is 17.2 Å². The van der Waals surface area contributed by atoms with E-state index in [2.05, 4.69) is 19.9 Å². The Morgan fingerprint density at radius 2 is 2.15 bits per heavy atom. The van der Waals surface area contributed by atoms with E-state index in [0.29, 0.717) is 11.2 Å². The van der Waals surface area contributed by atoms with E-state index in [0.717, 1.165) is 3.57 Å². The number of halogens is 1. The topological polar surface area (TPSA) is 101 Å². The van der Waals surface area contributed by atoms with Crippen molar-refractivity contribution in [1.82, 2.24) is 19.9 Å². The van der Waals surface area contributed by atoms with E-state index in [9.17, 15) is 9.90 Å². The Hall–Kier alpha value is -2.23. The first-order valence-electron chi connectivity index (χ1n) is 5.50. The number of benzene rings is 1. The van der Waals surface area contributed by atoms with Gasteiger partial charge in [-0.05, 0) is 40.8 Å². The van der Waals surface area contributed by atoms with Crippen molar-refractivity contribution in [3.05, 3.63) is 40.0 Å². The lowest BCUT2D eigenvalue weighted by molar-refractivity contribution is 0.0694. The fourth-order valence-corrected chi connectivity index (χ4v) is 2.17. The van der Waals surface area contributed by atoms with Crippen LogP contribution in [0.2, 0.25) is 0 Å². The molecule has 0 saturated carbocycles. The molecule has 0 aliphatic heterocycles. The molecule has 2 aromatic heterocycles. The Morgan fingerprint density at radius 1 is 1.30 bits per heavy atom. The molecule has 0 bridgehead atoms. The van der Waals surface area contributed by atoms with Crippen LogP contribution in [0.5, 0.6) is 11.6 Å². The monoisotopic (exact) mass is 382 g/mol. The number of nitrogens with one attached hydrogen (secondary N) is 1. The SMILES string of the molecule is O=C(O)c1cc(I)ccc1Oc1ncnc2nc[nH]c12. The number of ether oxygens (including phenoxy) is 1. The van der Waals surface area contributed by atoms with Gasteiger partial charge in [-0.25, -0.2) is 14.8 Å². The number of aromatic carboxylic acids is 1. The number of aromatic nitrogens is 4. The molecule has 0 atom stereocenters. The number of carboxylic acids is 1. The van der Waals surface area contributed by atoms with Gasteiger partial charge in [0.25, 0.3) is 0 Å².